The lowest BCUT2D eigenvalue weighted by atomic mass is 10.1. The van der Waals surface area contributed by atoms with E-state index in [0.717, 1.165) is 44.7 Å². The van der Waals surface area contributed by atoms with Crippen molar-refractivity contribution in [1.29, 1.82) is 5.26 Å². The molecular weight excluding hydrogens is 356 g/mol. The van der Waals surface area contributed by atoms with Crippen molar-refractivity contribution in [3.8, 4) is 11.8 Å². The molecule has 0 N–H and O–H groups in total. The largest absolute Gasteiger partial charge is 0.496 e. The van der Waals surface area contributed by atoms with Crippen molar-refractivity contribution in [2.45, 2.75) is 19.5 Å². The van der Waals surface area contributed by atoms with Crippen LogP contribution in [0.25, 0.3) is 0 Å². The fraction of sp³-hybridized carbons (Fsp3) is 0.381. The maximum absolute atomic E-state index is 11.1. The average Bonchev–Trinajstić information content (AvgIpc) is 2.93. The number of hydrogen-bond donors (Lipinski definition) is 0. The fourth-order valence-corrected chi connectivity index (χ4v) is 3.53. The molecule has 0 amide bonds. The third-order valence-electron chi connectivity index (χ3n) is 5.04. The zero-order chi connectivity index (χ0) is 19.9. The molecule has 2 aromatic carbocycles. The number of nitro benzene ring substituents is 1. The van der Waals surface area contributed by atoms with Crippen molar-refractivity contribution < 1.29 is 9.66 Å². The second-order valence-corrected chi connectivity index (χ2v) is 6.97. The number of non-ortho nitro benzene ring substituents is 1. The molecule has 1 aliphatic heterocycles. The molecule has 0 saturated carbocycles. The summed E-state index contributed by atoms with van der Waals surface area (Å²) >= 11 is 0. The molecular formula is C21H24N4O3. The first-order valence-electron chi connectivity index (χ1n) is 9.34. The van der Waals surface area contributed by atoms with Gasteiger partial charge in [-0.05, 0) is 43.3 Å². The van der Waals surface area contributed by atoms with Gasteiger partial charge in [0, 0.05) is 43.9 Å². The van der Waals surface area contributed by atoms with Gasteiger partial charge in [0.1, 0.15) is 5.75 Å². The zero-order valence-electron chi connectivity index (χ0n) is 16.0. The minimum atomic E-state index is -0.370. The molecule has 0 aromatic heterocycles. The topological polar surface area (TPSA) is 82.6 Å². The van der Waals surface area contributed by atoms with Gasteiger partial charge in [-0.15, -0.1) is 0 Å². The van der Waals surface area contributed by atoms with Crippen LogP contribution in [0.1, 0.15) is 23.1 Å². The monoisotopic (exact) mass is 380 g/mol. The molecule has 7 heteroatoms. The highest BCUT2D eigenvalue weighted by Gasteiger charge is 2.18. The van der Waals surface area contributed by atoms with E-state index in [1.807, 2.05) is 24.3 Å². The predicted octanol–water partition coefficient (Wildman–Crippen LogP) is 3.18. The molecule has 0 unspecified atom stereocenters. The van der Waals surface area contributed by atoms with Gasteiger partial charge in [-0.25, -0.2) is 0 Å². The Kier molecular flexibility index (Phi) is 6.58. The quantitative estimate of drug-likeness (QED) is 0.565. The Bertz CT molecular complexity index is 861. The highest BCUT2D eigenvalue weighted by Crippen LogP contribution is 2.25. The number of methoxy groups -OCH3 is 1. The average molecular weight is 380 g/mol. The van der Waals surface area contributed by atoms with E-state index in [4.69, 9.17) is 10.00 Å². The predicted molar refractivity (Wildman–Crippen MR) is 106 cm³/mol. The van der Waals surface area contributed by atoms with E-state index >= 15 is 0 Å². The zero-order valence-corrected chi connectivity index (χ0v) is 16.0. The van der Waals surface area contributed by atoms with Crippen molar-refractivity contribution in [1.82, 2.24) is 9.80 Å². The number of ether oxygens (including phenoxy) is 1. The second-order valence-electron chi connectivity index (χ2n) is 6.97. The molecule has 0 aliphatic carbocycles. The molecule has 146 valence electrons. The second kappa shape index (κ2) is 9.31. The standard InChI is InChI=1S/C21H24N4O3/c1-28-21-8-7-20(25(26)27)13-19(21)16-24-10-2-9-23(11-12-24)15-18-5-3-17(14-22)4-6-18/h3-8,13H,2,9-12,15-16H2,1H3. The molecule has 3 rings (SSSR count). The Balaban J connectivity index is 1.61. The minimum Gasteiger partial charge on any atom is -0.496 e. The van der Waals surface area contributed by atoms with Crippen LogP contribution in [-0.2, 0) is 13.1 Å². The number of hydrogen-bond acceptors (Lipinski definition) is 6. The van der Waals surface area contributed by atoms with E-state index in [9.17, 15) is 10.1 Å². The summed E-state index contributed by atoms with van der Waals surface area (Å²) in [6.07, 6.45) is 1.04. The molecule has 1 saturated heterocycles. The summed E-state index contributed by atoms with van der Waals surface area (Å²) in [5.74, 6) is 0.685. The van der Waals surface area contributed by atoms with Crippen molar-refractivity contribution >= 4 is 5.69 Å². The first-order valence-corrected chi connectivity index (χ1v) is 9.34. The Hall–Kier alpha value is -2.95. The van der Waals surface area contributed by atoms with E-state index in [1.54, 1.807) is 19.2 Å². The molecule has 0 atom stereocenters. The van der Waals surface area contributed by atoms with Crippen LogP contribution in [0.5, 0.6) is 5.75 Å². The summed E-state index contributed by atoms with van der Waals surface area (Å²) in [6, 6.07) is 14.6. The minimum absolute atomic E-state index is 0.0908. The fourth-order valence-electron chi connectivity index (χ4n) is 3.53. The van der Waals surface area contributed by atoms with Gasteiger partial charge < -0.3 is 4.74 Å². The van der Waals surface area contributed by atoms with Crippen LogP contribution in [0.15, 0.2) is 42.5 Å². The van der Waals surface area contributed by atoms with Gasteiger partial charge in [0.2, 0.25) is 0 Å². The van der Waals surface area contributed by atoms with Crippen LogP contribution in [0.2, 0.25) is 0 Å². The summed E-state index contributed by atoms with van der Waals surface area (Å²) in [7, 11) is 1.59. The van der Waals surface area contributed by atoms with Gasteiger partial charge in [-0.3, -0.25) is 19.9 Å². The van der Waals surface area contributed by atoms with Gasteiger partial charge in [0.05, 0.1) is 23.7 Å². The van der Waals surface area contributed by atoms with Crippen molar-refractivity contribution in [3.63, 3.8) is 0 Å². The molecule has 1 heterocycles. The van der Waals surface area contributed by atoms with Crippen molar-refractivity contribution in [3.05, 3.63) is 69.3 Å². The smallest absolute Gasteiger partial charge is 0.270 e. The highest BCUT2D eigenvalue weighted by molar-refractivity contribution is 5.43. The molecule has 0 spiro atoms. The number of rotatable bonds is 6. The Labute approximate surface area is 164 Å². The lowest BCUT2D eigenvalue weighted by Crippen LogP contribution is -2.30. The number of nitriles is 1. The summed E-state index contributed by atoms with van der Waals surface area (Å²) in [4.78, 5) is 15.4. The van der Waals surface area contributed by atoms with Crippen LogP contribution in [0, 0.1) is 21.4 Å². The van der Waals surface area contributed by atoms with Gasteiger partial charge >= 0.3 is 0 Å². The van der Waals surface area contributed by atoms with E-state index in [-0.39, 0.29) is 10.6 Å². The molecule has 0 radical (unpaired) electrons. The third-order valence-corrected chi connectivity index (χ3v) is 5.04. The van der Waals surface area contributed by atoms with Gasteiger partial charge in [-0.2, -0.15) is 5.26 Å². The highest BCUT2D eigenvalue weighted by atomic mass is 16.6. The Morgan fingerprint density at radius 1 is 1.07 bits per heavy atom. The summed E-state index contributed by atoms with van der Waals surface area (Å²) in [6.45, 7) is 5.26. The maximum atomic E-state index is 11.1. The van der Waals surface area contributed by atoms with Crippen molar-refractivity contribution in [2.24, 2.45) is 0 Å². The normalized spacial score (nSPS) is 15.6. The molecule has 7 nitrogen and oxygen atoms in total. The van der Waals surface area contributed by atoms with Crippen LogP contribution in [0.4, 0.5) is 5.69 Å². The number of nitro groups is 1. The molecule has 2 aromatic rings. The summed E-state index contributed by atoms with van der Waals surface area (Å²) in [5, 5.41) is 20.0. The van der Waals surface area contributed by atoms with Crippen molar-refractivity contribution in [2.75, 3.05) is 33.3 Å². The lowest BCUT2D eigenvalue weighted by Gasteiger charge is -2.22. The van der Waals surface area contributed by atoms with Gasteiger partial charge in [-0.1, -0.05) is 12.1 Å². The van der Waals surface area contributed by atoms with Crippen LogP contribution < -0.4 is 4.74 Å². The number of benzene rings is 2. The molecule has 1 fully saturated rings. The van der Waals surface area contributed by atoms with E-state index < -0.39 is 0 Å². The lowest BCUT2D eigenvalue weighted by molar-refractivity contribution is -0.385. The first kappa shape index (κ1) is 19.8. The Morgan fingerprint density at radius 3 is 2.36 bits per heavy atom. The molecule has 1 aliphatic rings. The van der Waals surface area contributed by atoms with E-state index in [1.165, 1.54) is 11.6 Å². The molecule has 28 heavy (non-hydrogen) atoms. The maximum Gasteiger partial charge on any atom is 0.270 e. The van der Waals surface area contributed by atoms with Crippen LogP contribution in [0.3, 0.4) is 0 Å². The van der Waals surface area contributed by atoms with Gasteiger partial charge in [0.15, 0.2) is 0 Å². The van der Waals surface area contributed by atoms with Gasteiger partial charge in [0.25, 0.3) is 5.69 Å². The molecule has 0 bridgehead atoms. The van der Waals surface area contributed by atoms with Crippen LogP contribution in [-0.4, -0.2) is 48.0 Å². The van der Waals surface area contributed by atoms with E-state index in [0.29, 0.717) is 17.9 Å². The SMILES string of the molecule is COc1ccc([N+](=O)[O-])cc1CN1CCCN(Cc2ccc(C#N)cc2)CC1. The van der Waals surface area contributed by atoms with E-state index in [2.05, 4.69) is 15.9 Å². The Morgan fingerprint density at radius 2 is 1.75 bits per heavy atom. The third kappa shape index (κ3) is 5.06. The summed E-state index contributed by atoms with van der Waals surface area (Å²) in [5.41, 5.74) is 2.81. The first-order chi connectivity index (χ1) is 13.6. The van der Waals surface area contributed by atoms with Crippen LogP contribution >= 0.6 is 0 Å². The number of nitrogens with zero attached hydrogens (tertiary/aromatic N) is 4. The summed E-state index contributed by atoms with van der Waals surface area (Å²) < 4.78 is 5.39.